The second-order valence-electron chi connectivity index (χ2n) is 6.12. The fourth-order valence-corrected chi connectivity index (χ4v) is 1.91. The molecule has 0 unspecified atom stereocenters. The Morgan fingerprint density at radius 1 is 1.22 bits per heavy atom. The van der Waals surface area contributed by atoms with Gasteiger partial charge in [-0.1, -0.05) is 20.8 Å². The molecule has 1 atom stereocenters. The summed E-state index contributed by atoms with van der Waals surface area (Å²) in [5.74, 6) is -1.32. The SMILES string of the molecule is COC(=O)[C@@H](NC(=O)c1ccc(C(F)(F)F)nc1C)C(C)(C)C. The van der Waals surface area contributed by atoms with Gasteiger partial charge in [0, 0.05) is 0 Å². The smallest absolute Gasteiger partial charge is 0.433 e. The maximum Gasteiger partial charge on any atom is 0.433 e. The Morgan fingerprint density at radius 3 is 2.17 bits per heavy atom. The molecule has 0 fully saturated rings. The van der Waals surface area contributed by atoms with Crippen molar-refractivity contribution < 1.29 is 27.5 Å². The Bertz CT molecular complexity index is 607. The van der Waals surface area contributed by atoms with Crippen LogP contribution < -0.4 is 5.32 Å². The van der Waals surface area contributed by atoms with E-state index < -0.39 is 35.2 Å². The van der Waals surface area contributed by atoms with Gasteiger partial charge in [-0.25, -0.2) is 9.78 Å². The zero-order valence-corrected chi connectivity index (χ0v) is 13.5. The van der Waals surface area contributed by atoms with E-state index in [2.05, 4.69) is 15.0 Å². The van der Waals surface area contributed by atoms with Crippen molar-refractivity contribution in [2.45, 2.75) is 39.9 Å². The molecule has 0 saturated heterocycles. The number of aromatic nitrogens is 1. The molecule has 0 aliphatic heterocycles. The fraction of sp³-hybridized carbons (Fsp3) is 0.533. The first-order valence-corrected chi connectivity index (χ1v) is 6.81. The van der Waals surface area contributed by atoms with Crippen molar-refractivity contribution in [1.82, 2.24) is 10.3 Å². The average molecular weight is 332 g/mol. The van der Waals surface area contributed by atoms with Crippen LogP contribution in [-0.4, -0.2) is 30.0 Å². The molecule has 0 saturated carbocycles. The number of nitrogens with one attached hydrogen (secondary N) is 1. The van der Waals surface area contributed by atoms with Crippen LogP contribution in [0.5, 0.6) is 0 Å². The zero-order valence-electron chi connectivity index (χ0n) is 13.5. The van der Waals surface area contributed by atoms with E-state index in [0.29, 0.717) is 0 Å². The van der Waals surface area contributed by atoms with E-state index in [-0.39, 0.29) is 11.3 Å². The molecule has 23 heavy (non-hydrogen) atoms. The molecule has 1 aromatic rings. The number of amides is 1. The highest BCUT2D eigenvalue weighted by molar-refractivity contribution is 5.97. The van der Waals surface area contributed by atoms with Crippen molar-refractivity contribution in [3.63, 3.8) is 0 Å². The van der Waals surface area contributed by atoms with E-state index in [0.717, 1.165) is 12.1 Å². The van der Waals surface area contributed by atoms with Crippen LogP contribution in [0.2, 0.25) is 0 Å². The highest BCUT2D eigenvalue weighted by Crippen LogP contribution is 2.28. The lowest BCUT2D eigenvalue weighted by Crippen LogP contribution is -2.49. The third-order valence-electron chi connectivity index (χ3n) is 3.20. The van der Waals surface area contributed by atoms with Gasteiger partial charge < -0.3 is 10.1 Å². The van der Waals surface area contributed by atoms with Gasteiger partial charge in [0.1, 0.15) is 11.7 Å². The summed E-state index contributed by atoms with van der Waals surface area (Å²) in [7, 11) is 1.19. The summed E-state index contributed by atoms with van der Waals surface area (Å²) in [5.41, 5.74) is -1.81. The number of ether oxygens (including phenoxy) is 1. The fourth-order valence-electron chi connectivity index (χ4n) is 1.91. The van der Waals surface area contributed by atoms with Crippen LogP contribution in [0.15, 0.2) is 12.1 Å². The second kappa shape index (κ2) is 6.55. The van der Waals surface area contributed by atoms with Crippen LogP contribution in [0.3, 0.4) is 0 Å². The van der Waals surface area contributed by atoms with Crippen molar-refractivity contribution in [2.75, 3.05) is 7.11 Å². The second-order valence-corrected chi connectivity index (χ2v) is 6.12. The first-order chi connectivity index (χ1) is 10.4. The van der Waals surface area contributed by atoms with Gasteiger partial charge in [0.2, 0.25) is 0 Å². The van der Waals surface area contributed by atoms with Gasteiger partial charge in [-0.2, -0.15) is 13.2 Å². The zero-order chi connectivity index (χ0) is 18.0. The highest BCUT2D eigenvalue weighted by atomic mass is 19.4. The van der Waals surface area contributed by atoms with Crippen molar-refractivity contribution in [2.24, 2.45) is 5.41 Å². The number of hydrogen-bond donors (Lipinski definition) is 1. The van der Waals surface area contributed by atoms with E-state index in [1.165, 1.54) is 14.0 Å². The molecule has 5 nitrogen and oxygen atoms in total. The number of alkyl halides is 3. The molecule has 128 valence electrons. The quantitative estimate of drug-likeness (QED) is 0.864. The van der Waals surface area contributed by atoms with Crippen molar-refractivity contribution in [3.8, 4) is 0 Å². The predicted octanol–water partition coefficient (Wildman–Crippen LogP) is 2.73. The molecular weight excluding hydrogens is 313 g/mol. The van der Waals surface area contributed by atoms with Gasteiger partial charge in [-0.15, -0.1) is 0 Å². The summed E-state index contributed by atoms with van der Waals surface area (Å²) in [6.45, 7) is 6.49. The normalized spacial score (nSPS) is 13.4. The summed E-state index contributed by atoms with van der Waals surface area (Å²) in [6, 6.07) is 0.825. The van der Waals surface area contributed by atoms with E-state index in [4.69, 9.17) is 0 Å². The molecule has 1 amide bonds. The molecule has 8 heteroatoms. The van der Waals surface area contributed by atoms with Crippen molar-refractivity contribution >= 4 is 11.9 Å². The molecule has 0 bridgehead atoms. The van der Waals surface area contributed by atoms with Gasteiger partial charge >= 0.3 is 12.1 Å². The van der Waals surface area contributed by atoms with E-state index in [9.17, 15) is 22.8 Å². The maximum atomic E-state index is 12.6. The number of esters is 1. The summed E-state index contributed by atoms with van der Waals surface area (Å²) in [6.07, 6.45) is -4.58. The van der Waals surface area contributed by atoms with Gasteiger partial charge in [0.15, 0.2) is 0 Å². The largest absolute Gasteiger partial charge is 0.467 e. The van der Waals surface area contributed by atoms with Gasteiger partial charge in [0.05, 0.1) is 18.4 Å². The van der Waals surface area contributed by atoms with Gasteiger partial charge in [0.25, 0.3) is 5.91 Å². The Balaban J connectivity index is 3.08. The van der Waals surface area contributed by atoms with E-state index in [1.807, 2.05) is 0 Å². The molecule has 0 spiro atoms. The minimum atomic E-state index is -4.58. The Labute approximate surface area is 132 Å². The molecule has 0 aromatic carbocycles. The molecule has 0 aliphatic rings. The molecule has 1 N–H and O–H groups in total. The third kappa shape index (κ3) is 4.67. The number of aryl methyl sites for hydroxylation is 1. The van der Waals surface area contributed by atoms with Crippen LogP contribution in [0.25, 0.3) is 0 Å². The molecule has 1 aromatic heterocycles. The molecule has 0 radical (unpaired) electrons. The Kier molecular flexibility index (Phi) is 5.39. The van der Waals surface area contributed by atoms with Crippen LogP contribution in [0, 0.1) is 12.3 Å². The van der Waals surface area contributed by atoms with Crippen LogP contribution in [0.1, 0.15) is 42.5 Å². The Hall–Kier alpha value is -2.12. The molecular formula is C15H19F3N2O3. The molecule has 0 aliphatic carbocycles. The number of halogens is 3. The lowest BCUT2D eigenvalue weighted by Gasteiger charge is -2.29. The number of pyridine rings is 1. The summed E-state index contributed by atoms with van der Waals surface area (Å²) in [4.78, 5) is 27.5. The number of hydrogen-bond acceptors (Lipinski definition) is 4. The lowest BCUT2D eigenvalue weighted by molar-refractivity contribution is -0.145. The first kappa shape index (κ1) is 18.9. The number of methoxy groups -OCH3 is 1. The number of nitrogens with zero attached hydrogens (tertiary/aromatic N) is 1. The van der Waals surface area contributed by atoms with Gasteiger partial charge in [-0.3, -0.25) is 4.79 Å². The molecule has 1 heterocycles. The highest BCUT2D eigenvalue weighted by Gasteiger charge is 2.35. The van der Waals surface area contributed by atoms with E-state index in [1.54, 1.807) is 20.8 Å². The first-order valence-electron chi connectivity index (χ1n) is 6.81. The maximum absolute atomic E-state index is 12.6. The topological polar surface area (TPSA) is 68.3 Å². The number of carbonyl (C=O) groups is 2. The monoisotopic (exact) mass is 332 g/mol. The van der Waals surface area contributed by atoms with Gasteiger partial charge in [-0.05, 0) is 24.5 Å². The standard InChI is InChI=1S/C15H19F3N2O3/c1-8-9(6-7-10(19-8)15(16,17)18)12(21)20-11(13(22)23-5)14(2,3)4/h6-7,11H,1-5H3,(H,20,21)/t11-/m1/s1. The lowest BCUT2D eigenvalue weighted by atomic mass is 9.86. The summed E-state index contributed by atoms with van der Waals surface area (Å²) >= 11 is 0. The van der Waals surface area contributed by atoms with Crippen molar-refractivity contribution in [3.05, 3.63) is 29.1 Å². The van der Waals surface area contributed by atoms with Crippen molar-refractivity contribution in [1.29, 1.82) is 0 Å². The summed E-state index contributed by atoms with van der Waals surface area (Å²) < 4.78 is 42.4. The minimum absolute atomic E-state index is 0.0313. The number of carbonyl (C=O) groups excluding carboxylic acids is 2. The number of rotatable bonds is 3. The molecule has 1 rings (SSSR count). The predicted molar refractivity (Wildman–Crippen MR) is 76.7 cm³/mol. The summed E-state index contributed by atoms with van der Waals surface area (Å²) in [5, 5.41) is 2.49. The van der Waals surface area contributed by atoms with Crippen LogP contribution in [-0.2, 0) is 15.7 Å². The van der Waals surface area contributed by atoms with Crippen LogP contribution >= 0.6 is 0 Å². The van der Waals surface area contributed by atoms with Crippen LogP contribution in [0.4, 0.5) is 13.2 Å². The minimum Gasteiger partial charge on any atom is -0.467 e. The average Bonchev–Trinajstić information content (AvgIpc) is 2.41. The Morgan fingerprint density at radius 2 is 1.78 bits per heavy atom. The third-order valence-corrected chi connectivity index (χ3v) is 3.20. The van der Waals surface area contributed by atoms with E-state index >= 15 is 0 Å².